The quantitative estimate of drug-likeness (QED) is 0.324. The lowest BCUT2D eigenvalue weighted by Gasteiger charge is -2.55. The Hall–Kier alpha value is -2.25. The van der Waals surface area contributed by atoms with E-state index in [1.54, 1.807) is 0 Å². The maximum absolute atomic E-state index is 13.0. The number of fused-ring (bicyclic) bond motifs is 3. The molecule has 3 aliphatic rings. The third kappa shape index (κ3) is 6.66. The summed E-state index contributed by atoms with van der Waals surface area (Å²) in [6, 6.07) is 6.02. The van der Waals surface area contributed by atoms with Crippen LogP contribution in [0.3, 0.4) is 0 Å². The molecule has 0 bridgehead atoms. The largest absolute Gasteiger partial charge is 0.493 e. The SMILES string of the molecule is CC(C)=CCC[C@]1(C)Oc2cc(OCCCO)ccc2[C@H]2OC[C@@]3(CCCN(C(=O)OC(C)(C)C)C3)C[C@@H]21. The van der Waals surface area contributed by atoms with Crippen molar-refractivity contribution < 1.29 is 28.8 Å². The standard InChI is InChI=1S/C31H47NO6/c1-22(2)10-7-13-30(6)25-19-31(14-8-15-32(20-31)28(34)38-29(3,4)5)21-36-27(25)24-12-11-23(18-26(24)37-30)35-17-9-16-33/h10-12,18,25,27,33H,7-9,13-17,19-21H2,1-6H3/t25-,27+,30-,31-/m0/s1. The molecule has 3 aliphatic heterocycles. The molecule has 0 aromatic heterocycles. The van der Waals surface area contributed by atoms with E-state index in [-0.39, 0.29) is 30.1 Å². The van der Waals surface area contributed by atoms with Crippen LogP contribution in [0, 0.1) is 11.3 Å². The monoisotopic (exact) mass is 529 g/mol. The number of rotatable bonds is 7. The number of likely N-dealkylation sites (tertiary alicyclic amines) is 1. The summed E-state index contributed by atoms with van der Waals surface area (Å²) in [5.41, 5.74) is 1.33. The van der Waals surface area contributed by atoms with E-state index in [2.05, 4.69) is 32.9 Å². The first-order valence-electron chi connectivity index (χ1n) is 14.2. The van der Waals surface area contributed by atoms with E-state index < -0.39 is 11.2 Å². The molecule has 4 atom stereocenters. The van der Waals surface area contributed by atoms with Gasteiger partial charge in [0.1, 0.15) is 22.7 Å². The topological polar surface area (TPSA) is 77.5 Å². The lowest BCUT2D eigenvalue weighted by Crippen LogP contribution is -2.57. The predicted octanol–water partition coefficient (Wildman–Crippen LogP) is 6.44. The van der Waals surface area contributed by atoms with Gasteiger partial charge in [0.15, 0.2) is 0 Å². The van der Waals surface area contributed by atoms with Crippen LogP contribution < -0.4 is 9.47 Å². The summed E-state index contributed by atoms with van der Waals surface area (Å²) in [7, 11) is 0. The molecule has 0 radical (unpaired) electrons. The van der Waals surface area contributed by atoms with Gasteiger partial charge in [0, 0.05) is 49.1 Å². The van der Waals surface area contributed by atoms with Crippen molar-refractivity contribution in [2.24, 2.45) is 11.3 Å². The average Bonchev–Trinajstić information content (AvgIpc) is 2.83. The van der Waals surface area contributed by atoms with Crippen LogP contribution in [0.15, 0.2) is 29.8 Å². The van der Waals surface area contributed by atoms with Gasteiger partial charge in [0.05, 0.1) is 19.3 Å². The fourth-order valence-electron chi connectivity index (χ4n) is 6.23. The first-order chi connectivity index (χ1) is 17.9. The lowest BCUT2D eigenvalue weighted by atomic mass is 9.64. The van der Waals surface area contributed by atoms with Crippen molar-refractivity contribution in [1.82, 2.24) is 4.90 Å². The van der Waals surface area contributed by atoms with Crippen LogP contribution in [-0.2, 0) is 9.47 Å². The Labute approximate surface area is 228 Å². The number of amides is 1. The van der Waals surface area contributed by atoms with Gasteiger partial charge >= 0.3 is 6.09 Å². The van der Waals surface area contributed by atoms with Gasteiger partial charge in [-0.3, -0.25) is 0 Å². The second kappa shape index (κ2) is 11.5. The first-order valence-corrected chi connectivity index (χ1v) is 14.2. The molecule has 7 nitrogen and oxygen atoms in total. The van der Waals surface area contributed by atoms with E-state index in [4.69, 9.17) is 24.1 Å². The number of aliphatic hydroxyl groups is 1. The highest BCUT2D eigenvalue weighted by Gasteiger charge is 2.55. The molecule has 0 unspecified atom stereocenters. The summed E-state index contributed by atoms with van der Waals surface area (Å²) in [4.78, 5) is 14.8. The Morgan fingerprint density at radius 1 is 1.29 bits per heavy atom. The van der Waals surface area contributed by atoms with E-state index in [9.17, 15) is 4.79 Å². The van der Waals surface area contributed by atoms with E-state index >= 15 is 0 Å². The second-order valence-corrected chi connectivity index (χ2v) is 12.9. The summed E-state index contributed by atoms with van der Waals surface area (Å²) in [5, 5.41) is 9.10. The summed E-state index contributed by atoms with van der Waals surface area (Å²) in [6.45, 7) is 14.8. The molecule has 1 spiro atoms. The van der Waals surface area contributed by atoms with Gasteiger partial charge in [-0.1, -0.05) is 11.6 Å². The van der Waals surface area contributed by atoms with Crippen molar-refractivity contribution in [2.75, 3.05) is 32.9 Å². The highest BCUT2D eigenvalue weighted by Crippen LogP contribution is 2.56. The molecule has 1 aromatic rings. The van der Waals surface area contributed by atoms with E-state index in [0.717, 1.165) is 55.7 Å². The van der Waals surface area contributed by atoms with Gasteiger partial charge in [0.25, 0.3) is 0 Å². The fraction of sp³-hybridized carbons (Fsp3) is 0.710. The molecule has 0 saturated carbocycles. The molecular formula is C31H47NO6. The number of carbonyl (C=O) groups is 1. The van der Waals surface area contributed by atoms with E-state index in [0.29, 0.717) is 26.2 Å². The number of ether oxygens (including phenoxy) is 4. The molecule has 4 rings (SSSR count). The number of carbonyl (C=O) groups excluding carboxylic acids is 1. The second-order valence-electron chi connectivity index (χ2n) is 12.9. The van der Waals surface area contributed by atoms with Crippen LogP contribution in [0.25, 0.3) is 0 Å². The lowest BCUT2D eigenvalue weighted by molar-refractivity contribution is -0.180. The van der Waals surface area contributed by atoms with Gasteiger partial charge in [-0.05, 0) is 85.8 Å². The normalized spacial score (nSPS) is 28.7. The Morgan fingerprint density at radius 3 is 2.79 bits per heavy atom. The molecule has 7 heteroatoms. The van der Waals surface area contributed by atoms with E-state index in [1.807, 2.05) is 37.8 Å². The fourth-order valence-corrected chi connectivity index (χ4v) is 6.23. The van der Waals surface area contributed by atoms with Crippen LogP contribution in [0.1, 0.15) is 91.7 Å². The molecule has 212 valence electrons. The van der Waals surface area contributed by atoms with Crippen LogP contribution in [-0.4, -0.2) is 60.2 Å². The number of benzene rings is 1. The third-order valence-electron chi connectivity index (χ3n) is 8.08. The summed E-state index contributed by atoms with van der Waals surface area (Å²) in [5.74, 6) is 1.73. The van der Waals surface area contributed by atoms with Crippen LogP contribution in [0.5, 0.6) is 11.5 Å². The molecule has 1 aromatic carbocycles. The number of aliphatic hydroxyl groups excluding tert-OH is 1. The van der Waals surface area contributed by atoms with Crippen molar-refractivity contribution in [3.63, 3.8) is 0 Å². The molecule has 0 aliphatic carbocycles. The average molecular weight is 530 g/mol. The number of allylic oxidation sites excluding steroid dienone is 2. The van der Waals surface area contributed by atoms with Gasteiger partial charge < -0.3 is 29.0 Å². The number of hydrogen-bond donors (Lipinski definition) is 1. The molecule has 38 heavy (non-hydrogen) atoms. The minimum Gasteiger partial charge on any atom is -0.493 e. The summed E-state index contributed by atoms with van der Waals surface area (Å²) >= 11 is 0. The van der Waals surface area contributed by atoms with E-state index in [1.165, 1.54) is 5.57 Å². The molecule has 3 heterocycles. The molecule has 1 N–H and O–H groups in total. The number of hydrogen-bond acceptors (Lipinski definition) is 6. The zero-order valence-electron chi connectivity index (χ0n) is 24.2. The number of piperidine rings is 1. The minimum absolute atomic E-state index is 0.0653. The van der Waals surface area contributed by atoms with Gasteiger partial charge in [0.2, 0.25) is 0 Å². The van der Waals surface area contributed by atoms with Gasteiger partial charge in [-0.25, -0.2) is 4.79 Å². The molecule has 2 saturated heterocycles. The maximum Gasteiger partial charge on any atom is 0.410 e. The molecular weight excluding hydrogens is 482 g/mol. The molecule has 2 fully saturated rings. The van der Waals surface area contributed by atoms with Crippen LogP contribution >= 0.6 is 0 Å². The Morgan fingerprint density at radius 2 is 2.08 bits per heavy atom. The van der Waals surface area contributed by atoms with Crippen molar-refractivity contribution in [3.8, 4) is 11.5 Å². The zero-order valence-corrected chi connectivity index (χ0v) is 24.2. The van der Waals surface area contributed by atoms with Crippen molar-refractivity contribution in [3.05, 3.63) is 35.4 Å². The smallest absolute Gasteiger partial charge is 0.410 e. The minimum atomic E-state index is -0.513. The van der Waals surface area contributed by atoms with Crippen molar-refractivity contribution >= 4 is 6.09 Å². The van der Waals surface area contributed by atoms with Crippen molar-refractivity contribution in [1.29, 1.82) is 0 Å². The highest BCUT2D eigenvalue weighted by atomic mass is 16.6. The predicted molar refractivity (Wildman–Crippen MR) is 148 cm³/mol. The highest BCUT2D eigenvalue weighted by molar-refractivity contribution is 5.68. The first kappa shape index (κ1) is 28.8. The van der Waals surface area contributed by atoms with Crippen LogP contribution in [0.2, 0.25) is 0 Å². The zero-order chi connectivity index (χ0) is 27.6. The third-order valence-corrected chi connectivity index (χ3v) is 8.08. The van der Waals surface area contributed by atoms with Crippen LogP contribution in [0.4, 0.5) is 4.79 Å². The number of nitrogens with zero attached hydrogens (tertiary/aromatic N) is 1. The van der Waals surface area contributed by atoms with Crippen molar-refractivity contribution in [2.45, 2.75) is 97.4 Å². The summed E-state index contributed by atoms with van der Waals surface area (Å²) in [6.07, 6.45) is 7.30. The Balaban J connectivity index is 1.59. The Bertz CT molecular complexity index is 1010. The summed E-state index contributed by atoms with van der Waals surface area (Å²) < 4.78 is 25.2. The van der Waals surface area contributed by atoms with Gasteiger partial charge in [-0.15, -0.1) is 0 Å². The molecule has 1 amide bonds. The maximum atomic E-state index is 13.0. The Kier molecular flexibility index (Phi) is 8.68. The van der Waals surface area contributed by atoms with Gasteiger partial charge in [-0.2, -0.15) is 0 Å².